The van der Waals surface area contributed by atoms with Crippen LogP contribution in [0.5, 0.6) is 0 Å². The van der Waals surface area contributed by atoms with Crippen LogP contribution >= 0.6 is 0 Å². The molecule has 2 nitrogen and oxygen atoms in total. The maximum atomic E-state index is 8.34. The molecule has 0 aromatic heterocycles. The zero-order valence-electron chi connectivity index (χ0n) is 2.02. The van der Waals surface area contributed by atoms with Gasteiger partial charge in [0.05, 0.1) is 0 Å². The van der Waals surface area contributed by atoms with Gasteiger partial charge < -0.3 is 0 Å². The Hall–Kier alpha value is 0.951. The van der Waals surface area contributed by atoms with E-state index in [0.717, 1.165) is 0 Å². The Balaban J connectivity index is 0. The number of hydrogen-bond donors (Lipinski definition) is 0. The Morgan fingerprint density at radius 2 is 1.25 bits per heavy atom. The van der Waals surface area contributed by atoms with E-state index in [4.69, 9.17) is 6.82 Å². The third kappa shape index (κ3) is 12.4. The van der Waals surface area contributed by atoms with Crippen molar-refractivity contribution in [3.05, 3.63) is 0 Å². The molecule has 0 aliphatic rings. The van der Waals surface area contributed by atoms with E-state index in [9.17, 15) is 0 Å². The van der Waals surface area contributed by atoms with Gasteiger partial charge in [-0.25, -0.2) is 0 Å². The molecule has 0 aliphatic heterocycles. The second-order valence-corrected chi connectivity index (χ2v) is 0. The minimum atomic E-state index is 0.300. The van der Waals surface area contributed by atoms with Crippen molar-refractivity contribution in [2.24, 2.45) is 0 Å². The van der Waals surface area contributed by atoms with Crippen LogP contribution in [0.4, 0.5) is 0 Å². The first kappa shape index (κ1) is 8.87. The Morgan fingerprint density at radius 3 is 1.25 bits per heavy atom. The summed E-state index contributed by atoms with van der Waals surface area (Å²) in [6, 6.07) is 0. The van der Waals surface area contributed by atoms with Crippen LogP contribution in [-0.4, -0.2) is 39.2 Å². The van der Waals surface area contributed by atoms with Crippen molar-refractivity contribution >= 4 is 39.2 Å². The molecule has 0 aromatic carbocycles. The van der Waals surface area contributed by atoms with Crippen molar-refractivity contribution in [1.82, 2.24) is 0 Å². The van der Waals surface area contributed by atoms with Gasteiger partial charge in [-0.2, -0.15) is 0 Å². The quantitative estimate of drug-likeness (QED) is 0.426. The molecule has 0 atom stereocenters. The molecule has 22 valence electrons. The monoisotopic (exact) mass is 182 g/mol. The molecule has 4 heavy (non-hydrogen) atoms. The van der Waals surface area contributed by atoms with Gasteiger partial charge in [0.1, 0.15) is 0 Å². The summed E-state index contributed by atoms with van der Waals surface area (Å²) in [5, 5.41) is 0. The topological polar surface area (TPSA) is 34.1 Å². The normalized spacial score (nSPS) is 1.75. The molecular weight excluding hydrogens is 181 g/mol. The molecule has 0 aromatic rings. The fourth-order valence-electron chi connectivity index (χ4n) is 0. The van der Waals surface area contributed by atoms with E-state index in [0.29, 0.717) is 39.2 Å². The van der Waals surface area contributed by atoms with Crippen molar-refractivity contribution < 1.29 is 6.82 Å². The van der Waals surface area contributed by atoms with Crippen LogP contribution in [0.1, 0.15) is 0 Å². The molecule has 0 bridgehead atoms. The van der Waals surface area contributed by atoms with Gasteiger partial charge in [-0.15, -0.1) is 0 Å². The van der Waals surface area contributed by atoms with E-state index >= 15 is 0 Å². The third-order valence-electron chi connectivity index (χ3n) is 0. The summed E-state index contributed by atoms with van der Waals surface area (Å²) in [6.45, 7) is 0. The third-order valence-corrected chi connectivity index (χ3v) is 0. The molecule has 4 heteroatoms. The van der Waals surface area contributed by atoms with Crippen molar-refractivity contribution in [3.63, 3.8) is 0 Å². The van der Waals surface area contributed by atoms with Crippen LogP contribution in [0.25, 0.3) is 0 Å². The molecule has 0 amide bonds. The SMILES string of the molecule is [O]=[AlH].[O]=[SbH]. The molecule has 0 rings (SSSR count). The summed E-state index contributed by atoms with van der Waals surface area (Å²) >= 11 is 0.911. The standard InChI is InChI=1S/Al.2O.Sb.2H. The van der Waals surface area contributed by atoms with E-state index in [1.54, 1.807) is 0 Å². The van der Waals surface area contributed by atoms with Crippen molar-refractivity contribution in [3.8, 4) is 0 Å². The van der Waals surface area contributed by atoms with Crippen molar-refractivity contribution in [1.29, 1.82) is 0 Å². The molecule has 0 aliphatic carbocycles. The molecule has 0 saturated carbocycles. The Kier molecular flexibility index (Phi) is 84.4. The van der Waals surface area contributed by atoms with Crippen LogP contribution in [-0.2, 0) is 6.82 Å². The fourth-order valence-corrected chi connectivity index (χ4v) is 0. The maximum absolute atomic E-state index is 8.34. The van der Waals surface area contributed by atoms with E-state index in [2.05, 4.69) is 0 Å². The van der Waals surface area contributed by atoms with E-state index in [1.807, 2.05) is 0 Å². The molecule has 0 N–H and O–H groups in total. The summed E-state index contributed by atoms with van der Waals surface area (Å²) < 4.78 is 16.6. The summed E-state index contributed by atoms with van der Waals surface area (Å²) in [5.41, 5.74) is 0. The number of hydrogen-bond acceptors (Lipinski definition) is 2. The first-order valence-corrected chi connectivity index (χ1v) is 2.24. The van der Waals surface area contributed by atoms with Gasteiger partial charge in [0.25, 0.3) is 0 Å². The molecule has 0 unspecified atom stereocenters. The first-order valence-electron chi connectivity index (χ1n) is 0.493. The van der Waals surface area contributed by atoms with Crippen LogP contribution in [0.15, 0.2) is 0 Å². The molecule has 0 fully saturated rings. The van der Waals surface area contributed by atoms with Gasteiger partial charge in [0.15, 0.2) is 0 Å². The van der Waals surface area contributed by atoms with E-state index in [1.165, 1.54) is 0 Å². The molecular formula is H2AlO2Sb. The zero-order chi connectivity index (χ0) is 4.00. The van der Waals surface area contributed by atoms with Gasteiger partial charge in [-0.3, -0.25) is 0 Å². The molecule has 0 saturated heterocycles. The van der Waals surface area contributed by atoms with Crippen LogP contribution in [0.2, 0.25) is 0 Å². The Morgan fingerprint density at radius 1 is 1.25 bits per heavy atom. The second kappa shape index (κ2) is 38.1. The number of rotatable bonds is 0. The van der Waals surface area contributed by atoms with E-state index < -0.39 is 0 Å². The van der Waals surface area contributed by atoms with Crippen LogP contribution in [0, 0.1) is 0 Å². The van der Waals surface area contributed by atoms with Gasteiger partial charge in [0, 0.05) is 0 Å². The van der Waals surface area contributed by atoms with Gasteiger partial charge in [-0.05, 0) is 0 Å². The molecule has 0 heterocycles. The average molecular weight is 183 g/mol. The Bertz CT molecular complexity index is 8.00. The van der Waals surface area contributed by atoms with Crippen LogP contribution < -0.4 is 0 Å². The summed E-state index contributed by atoms with van der Waals surface area (Å²) in [7, 11) is 0. The fraction of sp³-hybridized carbons (Fsp3) is 0. The molecule has 0 spiro atoms. The van der Waals surface area contributed by atoms with Gasteiger partial charge >= 0.3 is 46.1 Å². The van der Waals surface area contributed by atoms with Crippen LogP contribution in [0.3, 0.4) is 0 Å². The summed E-state index contributed by atoms with van der Waals surface area (Å²) in [6.07, 6.45) is 0. The van der Waals surface area contributed by atoms with E-state index in [-0.39, 0.29) is 0 Å². The van der Waals surface area contributed by atoms with Crippen molar-refractivity contribution in [2.75, 3.05) is 0 Å². The minimum absolute atomic E-state index is 0.300. The van der Waals surface area contributed by atoms with Gasteiger partial charge in [0.2, 0.25) is 0 Å². The predicted molar refractivity (Wildman–Crippen MR) is 15.7 cm³/mol. The van der Waals surface area contributed by atoms with Gasteiger partial charge in [-0.1, -0.05) is 0 Å². The summed E-state index contributed by atoms with van der Waals surface area (Å²) in [5.74, 6) is 0. The molecule has 0 radical (unpaired) electrons. The second-order valence-electron chi connectivity index (χ2n) is 0. The Labute approximate surface area is 46.1 Å². The zero-order valence-corrected chi connectivity index (χ0v) is 6.29. The summed E-state index contributed by atoms with van der Waals surface area (Å²) in [4.78, 5) is 0. The first-order chi connectivity index (χ1) is 2.00. The predicted octanol–water partition coefficient (Wildman–Crippen LogP) is -1.53. The van der Waals surface area contributed by atoms with Crippen molar-refractivity contribution in [2.45, 2.75) is 0 Å². The average Bonchev–Trinajstić information content (AvgIpc) is 1.50.